The minimum absolute atomic E-state index is 0.0198. The van der Waals surface area contributed by atoms with Crippen LogP contribution in [0, 0.1) is 11.3 Å². The summed E-state index contributed by atoms with van der Waals surface area (Å²) in [6.45, 7) is 0. The third-order valence-corrected chi connectivity index (χ3v) is 6.65. The lowest BCUT2D eigenvalue weighted by molar-refractivity contribution is -0.149. The second-order valence-corrected chi connectivity index (χ2v) is 8.05. The van der Waals surface area contributed by atoms with Gasteiger partial charge in [-0.15, -0.1) is 11.8 Å². The van der Waals surface area contributed by atoms with Gasteiger partial charge < -0.3 is 19.7 Å². The van der Waals surface area contributed by atoms with Gasteiger partial charge in [0.25, 0.3) is 0 Å². The van der Waals surface area contributed by atoms with Crippen LogP contribution in [0.4, 0.5) is 0 Å². The highest BCUT2D eigenvalue weighted by molar-refractivity contribution is 8.03. The van der Waals surface area contributed by atoms with Crippen LogP contribution in [0.1, 0.15) is 23.5 Å². The molecular formula is C22H20N2O5S. The molecule has 0 radical (unpaired) electrons. The number of benzene rings is 2. The van der Waals surface area contributed by atoms with Crippen LogP contribution in [0.2, 0.25) is 0 Å². The fourth-order valence-corrected chi connectivity index (χ4v) is 5.31. The van der Waals surface area contributed by atoms with Crippen LogP contribution >= 0.6 is 11.8 Å². The molecule has 2 aliphatic rings. The highest BCUT2D eigenvalue weighted by Gasteiger charge is 2.52. The van der Waals surface area contributed by atoms with Gasteiger partial charge in [-0.1, -0.05) is 18.2 Å². The van der Waals surface area contributed by atoms with E-state index in [2.05, 4.69) is 6.07 Å². The molecule has 0 unspecified atom stereocenters. The molecular weight excluding hydrogens is 404 g/mol. The second-order valence-electron chi connectivity index (χ2n) is 7.09. The van der Waals surface area contributed by atoms with Crippen molar-refractivity contribution in [2.24, 2.45) is 0 Å². The van der Waals surface area contributed by atoms with Crippen molar-refractivity contribution in [1.82, 2.24) is 4.90 Å². The molecule has 0 saturated carbocycles. The Kier molecular flexibility index (Phi) is 5.10. The predicted octanol–water partition coefficient (Wildman–Crippen LogP) is 3.05. The molecule has 2 aromatic rings. The number of allylic oxidation sites excluding steroid dienone is 1. The summed E-state index contributed by atoms with van der Waals surface area (Å²) in [4.78, 5) is 14.5. The highest BCUT2D eigenvalue weighted by atomic mass is 32.2. The molecule has 0 bridgehead atoms. The average molecular weight is 424 g/mol. The maximum atomic E-state index is 13.2. The van der Waals surface area contributed by atoms with Crippen LogP contribution in [-0.4, -0.2) is 41.0 Å². The van der Waals surface area contributed by atoms with Crippen LogP contribution in [0.25, 0.3) is 0 Å². The maximum Gasteiger partial charge on any atom is 0.231 e. The molecule has 154 valence electrons. The molecule has 0 spiro atoms. The Hall–Kier alpha value is -3.15. The molecule has 4 rings (SSSR count). The van der Waals surface area contributed by atoms with Gasteiger partial charge in [0, 0.05) is 17.9 Å². The zero-order valence-corrected chi connectivity index (χ0v) is 17.3. The van der Waals surface area contributed by atoms with Crippen LogP contribution in [-0.2, 0) is 10.5 Å². The molecule has 1 amide bonds. The van der Waals surface area contributed by atoms with E-state index in [1.807, 2.05) is 0 Å². The van der Waals surface area contributed by atoms with Gasteiger partial charge in [-0.05, 0) is 29.8 Å². The van der Waals surface area contributed by atoms with E-state index >= 15 is 0 Å². The van der Waals surface area contributed by atoms with Crippen molar-refractivity contribution in [2.45, 2.75) is 18.1 Å². The zero-order valence-electron chi connectivity index (χ0n) is 16.5. The number of phenolic OH excluding ortho intramolecular Hbond substituents is 1. The van der Waals surface area contributed by atoms with E-state index in [-0.39, 0.29) is 23.8 Å². The molecule has 7 nitrogen and oxygen atoms in total. The Morgan fingerprint density at radius 1 is 1.20 bits per heavy atom. The van der Waals surface area contributed by atoms with Gasteiger partial charge in [0.2, 0.25) is 5.91 Å². The molecule has 2 N–H and O–H groups in total. The van der Waals surface area contributed by atoms with Gasteiger partial charge in [-0.25, -0.2) is 0 Å². The van der Waals surface area contributed by atoms with Crippen molar-refractivity contribution in [3.05, 3.63) is 64.2 Å². The number of carbonyl (C=O) groups excluding carboxylic acids is 1. The molecule has 2 aromatic carbocycles. The number of phenols is 1. The third-order valence-electron chi connectivity index (χ3n) is 5.43. The lowest BCUT2D eigenvalue weighted by atomic mass is 9.85. The quantitative estimate of drug-likeness (QED) is 0.778. The minimum Gasteiger partial charge on any atom is -0.508 e. The smallest absolute Gasteiger partial charge is 0.231 e. The number of hydrogen-bond donors (Lipinski definition) is 2. The SMILES string of the molecule is COc1ccc([C@]2(O)CSC3=C(C#N)[C@@H](c4cccc(O)c4)CC(=O)N32)cc1OC. The van der Waals surface area contributed by atoms with Crippen molar-refractivity contribution in [3.63, 3.8) is 0 Å². The Balaban J connectivity index is 1.80. The Labute approximate surface area is 178 Å². The number of fused-ring (bicyclic) bond motifs is 1. The van der Waals surface area contributed by atoms with Crippen molar-refractivity contribution < 1.29 is 24.5 Å². The van der Waals surface area contributed by atoms with Crippen LogP contribution in [0.3, 0.4) is 0 Å². The summed E-state index contributed by atoms with van der Waals surface area (Å²) < 4.78 is 10.6. The number of thioether (sulfide) groups is 1. The molecule has 2 atom stereocenters. The number of amides is 1. The van der Waals surface area contributed by atoms with Gasteiger partial charge in [0.1, 0.15) is 5.75 Å². The topological polar surface area (TPSA) is 103 Å². The Bertz CT molecular complexity index is 1090. The van der Waals surface area contributed by atoms with E-state index < -0.39 is 11.6 Å². The number of hydrogen-bond acceptors (Lipinski definition) is 7. The Morgan fingerprint density at radius 3 is 2.63 bits per heavy atom. The number of aromatic hydroxyl groups is 1. The van der Waals surface area contributed by atoms with E-state index in [0.717, 1.165) is 0 Å². The lowest BCUT2D eigenvalue weighted by Gasteiger charge is -2.38. The Morgan fingerprint density at radius 2 is 1.97 bits per heavy atom. The van der Waals surface area contributed by atoms with E-state index in [1.165, 1.54) is 30.9 Å². The first-order chi connectivity index (χ1) is 14.4. The number of nitrogens with zero attached hydrogens (tertiary/aromatic N) is 2. The largest absolute Gasteiger partial charge is 0.508 e. The molecule has 1 saturated heterocycles. The first-order valence-electron chi connectivity index (χ1n) is 9.27. The van der Waals surface area contributed by atoms with Crippen molar-refractivity contribution in [1.29, 1.82) is 5.26 Å². The summed E-state index contributed by atoms with van der Waals surface area (Å²) in [5.74, 6) is 0.444. The van der Waals surface area contributed by atoms with E-state index in [0.29, 0.717) is 33.2 Å². The van der Waals surface area contributed by atoms with E-state index in [1.54, 1.807) is 42.5 Å². The molecule has 30 heavy (non-hydrogen) atoms. The lowest BCUT2D eigenvalue weighted by Crippen LogP contribution is -2.48. The number of methoxy groups -OCH3 is 2. The maximum absolute atomic E-state index is 13.2. The van der Waals surface area contributed by atoms with E-state index in [4.69, 9.17) is 9.47 Å². The molecule has 2 aliphatic heterocycles. The highest BCUT2D eigenvalue weighted by Crippen LogP contribution is 2.52. The van der Waals surface area contributed by atoms with Crippen LogP contribution in [0.5, 0.6) is 17.2 Å². The first-order valence-corrected chi connectivity index (χ1v) is 10.3. The summed E-state index contributed by atoms with van der Waals surface area (Å²) >= 11 is 1.27. The van der Waals surface area contributed by atoms with Crippen LogP contribution < -0.4 is 9.47 Å². The van der Waals surface area contributed by atoms with Gasteiger partial charge in [0.05, 0.1) is 36.6 Å². The average Bonchev–Trinajstić information content (AvgIpc) is 3.12. The second kappa shape index (κ2) is 7.59. The van der Waals surface area contributed by atoms with Gasteiger partial charge >= 0.3 is 0 Å². The standard InChI is InChI=1S/C22H20N2O5S/c1-28-18-7-6-14(9-19(18)29-2)22(27)12-30-21-17(11-23)16(10-20(26)24(21)22)13-4-3-5-15(25)8-13/h3-9,16,25,27H,10,12H2,1-2H3/t16-,22-/m1/s1. The number of carbonyl (C=O) groups is 1. The van der Waals surface area contributed by atoms with Crippen molar-refractivity contribution in [3.8, 4) is 23.3 Å². The number of nitriles is 1. The van der Waals surface area contributed by atoms with Gasteiger partial charge in [-0.2, -0.15) is 5.26 Å². The van der Waals surface area contributed by atoms with Gasteiger partial charge in [0.15, 0.2) is 17.2 Å². The normalized spacial score (nSPS) is 23.2. The summed E-state index contributed by atoms with van der Waals surface area (Å²) in [5.41, 5.74) is -0.0392. The first kappa shape index (κ1) is 20.1. The monoisotopic (exact) mass is 424 g/mol. The van der Waals surface area contributed by atoms with Gasteiger partial charge in [-0.3, -0.25) is 9.69 Å². The molecule has 0 aliphatic carbocycles. The third kappa shape index (κ3) is 3.07. The van der Waals surface area contributed by atoms with Crippen molar-refractivity contribution in [2.75, 3.05) is 20.0 Å². The number of aliphatic hydroxyl groups is 1. The number of rotatable bonds is 4. The molecule has 1 fully saturated rings. The fraction of sp³-hybridized carbons (Fsp3) is 0.273. The molecule has 0 aromatic heterocycles. The fourth-order valence-electron chi connectivity index (χ4n) is 3.95. The summed E-state index contributed by atoms with van der Waals surface area (Å²) in [6, 6.07) is 13.8. The molecule has 2 heterocycles. The predicted molar refractivity (Wildman–Crippen MR) is 111 cm³/mol. The number of ether oxygens (including phenoxy) is 2. The summed E-state index contributed by atoms with van der Waals surface area (Å²) in [6.07, 6.45) is 0.0198. The summed E-state index contributed by atoms with van der Waals surface area (Å²) in [5, 5.41) is 31.7. The zero-order chi connectivity index (χ0) is 21.5. The minimum atomic E-state index is -1.61. The van der Waals surface area contributed by atoms with Crippen molar-refractivity contribution >= 4 is 17.7 Å². The van der Waals surface area contributed by atoms with E-state index in [9.17, 15) is 20.3 Å². The molecule has 8 heteroatoms. The van der Waals surface area contributed by atoms with Crippen LogP contribution in [0.15, 0.2) is 53.1 Å². The summed E-state index contributed by atoms with van der Waals surface area (Å²) in [7, 11) is 3.02.